The van der Waals surface area contributed by atoms with E-state index in [4.69, 9.17) is 26.8 Å². The molecule has 0 radical (unpaired) electrons. The number of carbonyl (C=O) groups is 5. The fourth-order valence-corrected chi connectivity index (χ4v) is 41.4. The van der Waals surface area contributed by atoms with E-state index < -0.39 is 59.1 Å². The minimum atomic E-state index is -1.23. The zero-order chi connectivity index (χ0) is 24.9. The van der Waals surface area contributed by atoms with Crippen LogP contribution in [0, 0.1) is 0 Å². The number of aliphatic carboxylic acids is 3. The predicted octanol–water partition coefficient (Wildman–Crippen LogP) is -2.71. The molecule has 32 heavy (non-hydrogen) atoms. The second-order valence-electron chi connectivity index (χ2n) is 6.71. The molecule has 184 valence electrons. The molecule has 0 aromatic carbocycles. The van der Waals surface area contributed by atoms with Crippen molar-refractivity contribution in [2.45, 2.75) is 49.6 Å². The van der Waals surface area contributed by atoms with Crippen LogP contribution in [0.15, 0.2) is 0 Å². The number of hydrogen-bond acceptors (Lipinski definition) is 9. The molecule has 2 amide bonds. The van der Waals surface area contributed by atoms with Crippen LogP contribution in [0.4, 0.5) is 0 Å². The van der Waals surface area contributed by atoms with Crippen molar-refractivity contribution in [2.75, 3.05) is 12.3 Å². The summed E-state index contributed by atoms with van der Waals surface area (Å²) < 4.78 is -0.599. The summed E-state index contributed by atoms with van der Waals surface area (Å²) in [6.07, 6.45) is -0.284. The zero-order valence-corrected chi connectivity index (χ0v) is 23.9. The zero-order valence-electron chi connectivity index (χ0n) is 17.1. The van der Waals surface area contributed by atoms with Gasteiger partial charge in [-0.1, -0.05) is 0 Å². The summed E-state index contributed by atoms with van der Waals surface area (Å²) >= 11 is 0.462. The standard InChI is InChI=1S/C15H26N4O8S2Se3/c1-15(2,11(17)14(26)27)29-31-32-30-28-6-8(12(23)18-5-10(21)22)19-9(20)4-3-7(16)13(24)25/h7-8,11H,3-6,16-17H2,1-2H3,(H,18,23)(H,19,20)(H,21,22)(H,24,25)(H,26,27). The number of rotatable bonds is 17. The summed E-state index contributed by atoms with van der Waals surface area (Å²) in [4.78, 5) is 56.8. The van der Waals surface area contributed by atoms with Gasteiger partial charge in [0.15, 0.2) is 0 Å². The third-order valence-electron chi connectivity index (χ3n) is 3.67. The van der Waals surface area contributed by atoms with Crippen LogP contribution in [-0.2, 0) is 24.0 Å². The van der Waals surface area contributed by atoms with E-state index in [2.05, 4.69) is 10.6 Å². The topological polar surface area (TPSA) is 222 Å². The molecule has 17 heteroatoms. The minimum absolute atomic E-state index is 0.0984. The first-order valence-electron chi connectivity index (χ1n) is 8.84. The second kappa shape index (κ2) is 16.2. The van der Waals surface area contributed by atoms with Crippen molar-refractivity contribution < 1.29 is 39.3 Å². The molecule has 3 atom stereocenters. The van der Waals surface area contributed by atoms with Crippen molar-refractivity contribution >= 4 is 85.4 Å². The van der Waals surface area contributed by atoms with E-state index in [1.54, 1.807) is 13.8 Å². The number of hydrogen-bond donors (Lipinski definition) is 7. The Morgan fingerprint density at radius 2 is 1.66 bits per heavy atom. The van der Waals surface area contributed by atoms with Crippen LogP contribution < -0.4 is 22.1 Å². The van der Waals surface area contributed by atoms with Crippen LogP contribution in [-0.4, -0.2) is 116 Å². The SMILES string of the molecule is CC(C)(S[Se][Se][Se]SCC(NC(=O)CCC(N)C(=O)O)C(=O)NCC(=O)O)C(N)C(=O)O. The van der Waals surface area contributed by atoms with Crippen LogP contribution in [0.25, 0.3) is 0 Å². The van der Waals surface area contributed by atoms with E-state index in [-0.39, 0.29) is 53.9 Å². The number of carboxylic acid groups (broad SMARTS) is 3. The Hall–Kier alpha value is -0.472. The van der Waals surface area contributed by atoms with Crippen molar-refractivity contribution in [1.82, 2.24) is 10.6 Å². The molecule has 0 heterocycles. The van der Waals surface area contributed by atoms with Crippen LogP contribution in [0.3, 0.4) is 0 Å². The van der Waals surface area contributed by atoms with E-state index in [9.17, 15) is 24.0 Å². The quantitative estimate of drug-likeness (QED) is 0.0612. The van der Waals surface area contributed by atoms with E-state index in [0.717, 1.165) is 0 Å². The molecule has 0 aliphatic rings. The molecule has 0 bridgehead atoms. The predicted molar refractivity (Wildman–Crippen MR) is 124 cm³/mol. The Kier molecular flexibility index (Phi) is 16.0. The third-order valence-corrected chi connectivity index (χ3v) is 38.3. The van der Waals surface area contributed by atoms with Gasteiger partial charge in [-0.25, -0.2) is 0 Å². The second-order valence-corrected chi connectivity index (χ2v) is 31.4. The Morgan fingerprint density at radius 3 is 2.19 bits per heavy atom. The molecule has 0 aliphatic heterocycles. The van der Waals surface area contributed by atoms with E-state index in [0.29, 0.717) is 0 Å². The molecule has 0 saturated carbocycles. The number of carboxylic acids is 3. The molecule has 0 spiro atoms. The number of nitrogens with two attached hydrogens (primary N) is 2. The Bertz CT molecular complexity index is 689. The van der Waals surface area contributed by atoms with Gasteiger partial charge in [0, 0.05) is 0 Å². The molecule has 3 unspecified atom stereocenters. The van der Waals surface area contributed by atoms with Gasteiger partial charge in [-0.3, -0.25) is 0 Å². The van der Waals surface area contributed by atoms with Crippen LogP contribution >= 0.6 is 20.4 Å². The fourth-order valence-electron chi connectivity index (χ4n) is 1.72. The first kappa shape index (κ1) is 31.5. The summed E-state index contributed by atoms with van der Waals surface area (Å²) in [5, 5.41) is 31.3. The molecular formula is C15H26N4O8S2Se3. The van der Waals surface area contributed by atoms with Crippen molar-refractivity contribution in [3.05, 3.63) is 0 Å². The van der Waals surface area contributed by atoms with Crippen molar-refractivity contribution in [2.24, 2.45) is 11.5 Å². The molecule has 0 aromatic heterocycles. The van der Waals surface area contributed by atoms with Gasteiger partial charge in [0.1, 0.15) is 0 Å². The van der Waals surface area contributed by atoms with Gasteiger partial charge < -0.3 is 0 Å². The first-order valence-corrected chi connectivity index (χ1v) is 23.4. The summed E-state index contributed by atoms with van der Waals surface area (Å²) in [6.45, 7) is 2.97. The molecule has 9 N–H and O–H groups in total. The van der Waals surface area contributed by atoms with Gasteiger partial charge >= 0.3 is 209 Å². The summed E-state index contributed by atoms with van der Waals surface area (Å²) in [7, 11) is 2.99. The van der Waals surface area contributed by atoms with Gasteiger partial charge in [-0.15, -0.1) is 0 Å². The third kappa shape index (κ3) is 13.9. The molecule has 0 saturated heterocycles. The van der Waals surface area contributed by atoms with E-state index in [1.807, 2.05) is 0 Å². The van der Waals surface area contributed by atoms with Crippen molar-refractivity contribution in [1.29, 1.82) is 0 Å². The van der Waals surface area contributed by atoms with Gasteiger partial charge in [-0.2, -0.15) is 0 Å². The van der Waals surface area contributed by atoms with E-state index >= 15 is 0 Å². The van der Waals surface area contributed by atoms with Gasteiger partial charge in [0.05, 0.1) is 0 Å². The summed E-state index contributed by atoms with van der Waals surface area (Å²) in [6, 6.07) is -3.14. The van der Waals surface area contributed by atoms with Crippen molar-refractivity contribution in [3.63, 3.8) is 0 Å². The van der Waals surface area contributed by atoms with Crippen LogP contribution in [0.5, 0.6) is 0 Å². The molecule has 0 fully saturated rings. The summed E-state index contributed by atoms with van der Waals surface area (Å²) in [5.41, 5.74) is 11.1. The molecule has 0 aromatic rings. The van der Waals surface area contributed by atoms with Crippen LogP contribution in [0.1, 0.15) is 26.7 Å². The molecule has 0 aliphatic carbocycles. The Morgan fingerprint density at radius 1 is 1.03 bits per heavy atom. The van der Waals surface area contributed by atoms with Gasteiger partial charge in [0.25, 0.3) is 0 Å². The average Bonchev–Trinajstić information content (AvgIpc) is 2.70. The molecular weight excluding hydrogens is 665 g/mol. The number of amides is 2. The Labute approximate surface area is 207 Å². The first-order chi connectivity index (χ1) is 14.8. The van der Waals surface area contributed by atoms with Crippen molar-refractivity contribution in [3.8, 4) is 0 Å². The number of carbonyl (C=O) groups excluding carboxylic acids is 2. The number of nitrogens with one attached hydrogen (secondary N) is 2. The Balaban J connectivity index is 4.59. The maximum absolute atomic E-state index is 12.2. The maximum atomic E-state index is 12.2. The van der Waals surface area contributed by atoms with Crippen LogP contribution in [0.2, 0.25) is 0 Å². The fraction of sp³-hybridized carbons (Fsp3) is 0.667. The normalized spacial score (nSPS) is 14.1. The molecule has 0 rings (SSSR count). The molecule has 12 nitrogen and oxygen atoms in total. The van der Waals surface area contributed by atoms with E-state index in [1.165, 1.54) is 20.4 Å². The average molecular weight is 691 g/mol. The van der Waals surface area contributed by atoms with Gasteiger partial charge in [0.2, 0.25) is 0 Å². The van der Waals surface area contributed by atoms with Gasteiger partial charge in [-0.05, 0) is 0 Å². The summed E-state index contributed by atoms with van der Waals surface area (Å²) in [5.74, 6) is -4.49. The monoisotopic (exact) mass is 694 g/mol.